The number of aryl methyl sites for hydroxylation is 1. The molecule has 90 valence electrons. The molecule has 1 aromatic carbocycles. The van der Waals surface area contributed by atoms with Gasteiger partial charge in [0, 0.05) is 24.1 Å². The number of benzene rings is 1. The third-order valence-corrected chi connectivity index (χ3v) is 2.82. The Balaban J connectivity index is 2.41. The zero-order chi connectivity index (χ0) is 12.3. The Labute approximate surface area is 99.1 Å². The summed E-state index contributed by atoms with van der Waals surface area (Å²) in [5, 5.41) is 18.9. The van der Waals surface area contributed by atoms with Gasteiger partial charge in [0.25, 0.3) is 0 Å². The number of carbonyl (C=O) groups is 1. The van der Waals surface area contributed by atoms with Gasteiger partial charge in [-0.3, -0.25) is 0 Å². The van der Waals surface area contributed by atoms with Gasteiger partial charge in [-0.25, -0.2) is 4.79 Å². The summed E-state index contributed by atoms with van der Waals surface area (Å²) >= 11 is 0. The van der Waals surface area contributed by atoms with Gasteiger partial charge in [0.05, 0.1) is 0 Å². The van der Waals surface area contributed by atoms with Crippen LogP contribution in [0.5, 0.6) is 0 Å². The largest absolute Gasteiger partial charge is 0.477 e. The molecule has 0 saturated carbocycles. The molecule has 2 aromatic rings. The van der Waals surface area contributed by atoms with E-state index in [-0.39, 0.29) is 6.61 Å². The van der Waals surface area contributed by atoms with E-state index in [0.717, 1.165) is 17.3 Å². The Morgan fingerprint density at radius 3 is 2.71 bits per heavy atom. The molecule has 0 spiro atoms. The second kappa shape index (κ2) is 5.01. The fourth-order valence-corrected chi connectivity index (χ4v) is 2.01. The third kappa shape index (κ3) is 2.31. The average Bonchev–Trinajstić information content (AvgIpc) is 2.69. The van der Waals surface area contributed by atoms with Crippen LogP contribution < -0.4 is 0 Å². The number of unbranched alkanes of at least 4 members (excludes halogenated alkanes) is 1. The van der Waals surface area contributed by atoms with Crippen LogP contribution in [0.25, 0.3) is 10.9 Å². The SMILES string of the molecule is O=C(O)c1cc2ccccc2n1CCCCO. The zero-order valence-electron chi connectivity index (χ0n) is 9.47. The summed E-state index contributed by atoms with van der Waals surface area (Å²) in [6.07, 6.45) is 1.46. The molecule has 2 N–H and O–H groups in total. The molecule has 0 radical (unpaired) electrons. The second-order valence-electron chi connectivity index (χ2n) is 3.98. The molecule has 0 saturated heterocycles. The average molecular weight is 233 g/mol. The summed E-state index contributed by atoms with van der Waals surface area (Å²) < 4.78 is 1.80. The first kappa shape index (κ1) is 11.7. The van der Waals surface area contributed by atoms with Crippen molar-refractivity contribution in [2.24, 2.45) is 0 Å². The van der Waals surface area contributed by atoms with Crippen LogP contribution in [0.4, 0.5) is 0 Å². The number of hydrogen-bond acceptors (Lipinski definition) is 2. The van der Waals surface area contributed by atoms with Gasteiger partial charge >= 0.3 is 5.97 Å². The minimum absolute atomic E-state index is 0.140. The van der Waals surface area contributed by atoms with E-state index >= 15 is 0 Å². The molecule has 0 aliphatic carbocycles. The number of rotatable bonds is 5. The van der Waals surface area contributed by atoms with Gasteiger partial charge in [-0.1, -0.05) is 18.2 Å². The summed E-state index contributed by atoms with van der Waals surface area (Å²) in [7, 11) is 0. The number of aliphatic hydroxyl groups is 1. The lowest BCUT2D eigenvalue weighted by molar-refractivity contribution is 0.0685. The van der Waals surface area contributed by atoms with E-state index in [1.165, 1.54) is 0 Å². The van der Waals surface area contributed by atoms with E-state index < -0.39 is 5.97 Å². The van der Waals surface area contributed by atoms with Crippen molar-refractivity contribution >= 4 is 16.9 Å². The van der Waals surface area contributed by atoms with Gasteiger partial charge in [-0.05, 0) is 25.0 Å². The van der Waals surface area contributed by atoms with E-state index in [9.17, 15) is 4.79 Å². The maximum atomic E-state index is 11.2. The van der Waals surface area contributed by atoms with E-state index in [1.54, 1.807) is 10.6 Å². The highest BCUT2D eigenvalue weighted by Crippen LogP contribution is 2.20. The van der Waals surface area contributed by atoms with Gasteiger partial charge in [0.2, 0.25) is 0 Å². The van der Waals surface area contributed by atoms with Crippen molar-refractivity contribution in [1.82, 2.24) is 4.57 Å². The normalized spacial score (nSPS) is 10.9. The highest BCUT2D eigenvalue weighted by Gasteiger charge is 2.13. The molecule has 0 aliphatic rings. The number of carboxylic acids is 1. The predicted molar refractivity (Wildman–Crippen MR) is 65.2 cm³/mol. The van der Waals surface area contributed by atoms with Crippen LogP contribution in [0.3, 0.4) is 0 Å². The van der Waals surface area contributed by atoms with Crippen LogP contribution in [0.15, 0.2) is 30.3 Å². The molecule has 0 aliphatic heterocycles. The monoisotopic (exact) mass is 233 g/mol. The summed E-state index contributed by atoms with van der Waals surface area (Å²) in [4.78, 5) is 11.2. The molecule has 1 heterocycles. The highest BCUT2D eigenvalue weighted by molar-refractivity contribution is 5.94. The fourth-order valence-electron chi connectivity index (χ4n) is 2.01. The van der Waals surface area contributed by atoms with Crippen molar-refractivity contribution in [1.29, 1.82) is 0 Å². The van der Waals surface area contributed by atoms with Crippen molar-refractivity contribution < 1.29 is 15.0 Å². The molecule has 4 nitrogen and oxygen atoms in total. The second-order valence-corrected chi connectivity index (χ2v) is 3.98. The molecular formula is C13H15NO3. The lowest BCUT2D eigenvalue weighted by atomic mass is 10.2. The summed E-state index contributed by atoms with van der Waals surface area (Å²) in [5.41, 5.74) is 1.24. The van der Waals surface area contributed by atoms with Crippen molar-refractivity contribution in [2.45, 2.75) is 19.4 Å². The number of aromatic carboxylic acids is 1. The first-order valence-electron chi connectivity index (χ1n) is 5.66. The first-order chi connectivity index (χ1) is 8.24. The number of aromatic nitrogens is 1. The van der Waals surface area contributed by atoms with Crippen LogP contribution in [0.1, 0.15) is 23.3 Å². The lowest BCUT2D eigenvalue weighted by Gasteiger charge is -2.07. The number of carboxylic acid groups (broad SMARTS) is 1. The molecule has 1 aromatic heterocycles. The molecule has 0 atom stereocenters. The summed E-state index contributed by atoms with van der Waals surface area (Å²) in [5.74, 6) is -0.912. The fraction of sp³-hybridized carbons (Fsp3) is 0.308. The molecule has 0 bridgehead atoms. The minimum atomic E-state index is -0.912. The van der Waals surface area contributed by atoms with Crippen molar-refractivity contribution in [3.8, 4) is 0 Å². The van der Waals surface area contributed by atoms with E-state index in [0.29, 0.717) is 18.7 Å². The van der Waals surface area contributed by atoms with Crippen LogP contribution in [-0.4, -0.2) is 27.4 Å². The predicted octanol–water partition coefficient (Wildman–Crippen LogP) is 2.11. The molecular weight excluding hydrogens is 218 g/mol. The Hall–Kier alpha value is -1.81. The Morgan fingerprint density at radius 2 is 2.00 bits per heavy atom. The molecule has 0 fully saturated rings. The van der Waals surface area contributed by atoms with E-state index in [1.807, 2.05) is 24.3 Å². The zero-order valence-corrected chi connectivity index (χ0v) is 9.47. The lowest BCUT2D eigenvalue weighted by Crippen LogP contribution is -2.08. The molecule has 0 unspecified atom stereocenters. The standard InChI is InChI=1S/C13H15NO3/c15-8-4-3-7-14-11-6-2-1-5-10(11)9-12(14)13(16)17/h1-2,5-6,9,15H,3-4,7-8H2,(H,16,17). The summed E-state index contributed by atoms with van der Waals surface area (Å²) in [6.45, 7) is 0.761. The van der Waals surface area contributed by atoms with Crippen LogP contribution in [0.2, 0.25) is 0 Å². The first-order valence-corrected chi connectivity index (χ1v) is 5.66. The Bertz CT molecular complexity index is 530. The smallest absolute Gasteiger partial charge is 0.352 e. The van der Waals surface area contributed by atoms with Crippen LogP contribution >= 0.6 is 0 Å². The molecule has 17 heavy (non-hydrogen) atoms. The maximum Gasteiger partial charge on any atom is 0.352 e. The Kier molecular flexibility index (Phi) is 3.44. The van der Waals surface area contributed by atoms with Crippen molar-refractivity contribution in [3.63, 3.8) is 0 Å². The van der Waals surface area contributed by atoms with Crippen LogP contribution in [-0.2, 0) is 6.54 Å². The number of aliphatic hydroxyl groups excluding tert-OH is 1. The topological polar surface area (TPSA) is 62.5 Å². The Morgan fingerprint density at radius 1 is 1.24 bits per heavy atom. The number of hydrogen-bond donors (Lipinski definition) is 2. The van der Waals surface area contributed by atoms with Gasteiger partial charge in [-0.15, -0.1) is 0 Å². The highest BCUT2D eigenvalue weighted by atomic mass is 16.4. The van der Waals surface area contributed by atoms with Crippen LogP contribution in [0, 0.1) is 0 Å². The van der Waals surface area contributed by atoms with E-state index in [2.05, 4.69) is 0 Å². The van der Waals surface area contributed by atoms with E-state index in [4.69, 9.17) is 10.2 Å². The van der Waals surface area contributed by atoms with Crippen molar-refractivity contribution in [3.05, 3.63) is 36.0 Å². The van der Waals surface area contributed by atoms with Gasteiger partial charge < -0.3 is 14.8 Å². The minimum Gasteiger partial charge on any atom is -0.477 e. The maximum absolute atomic E-state index is 11.2. The third-order valence-electron chi connectivity index (χ3n) is 2.82. The van der Waals surface area contributed by atoms with Gasteiger partial charge in [0.15, 0.2) is 0 Å². The number of para-hydroxylation sites is 1. The number of nitrogens with zero attached hydrogens (tertiary/aromatic N) is 1. The van der Waals surface area contributed by atoms with Crippen molar-refractivity contribution in [2.75, 3.05) is 6.61 Å². The molecule has 4 heteroatoms. The number of fused-ring (bicyclic) bond motifs is 1. The quantitative estimate of drug-likeness (QED) is 0.777. The molecule has 2 rings (SSSR count). The van der Waals surface area contributed by atoms with Gasteiger partial charge in [-0.2, -0.15) is 0 Å². The summed E-state index contributed by atoms with van der Waals surface area (Å²) in [6, 6.07) is 9.31. The molecule has 0 amide bonds. The van der Waals surface area contributed by atoms with Gasteiger partial charge in [0.1, 0.15) is 5.69 Å².